The number of hydrogen-bond acceptors (Lipinski definition) is 4. The van der Waals surface area contributed by atoms with Crippen LogP contribution in [0.2, 0.25) is 0 Å². The molecule has 0 aliphatic carbocycles. The van der Waals surface area contributed by atoms with E-state index in [-0.39, 0.29) is 11.9 Å². The normalized spacial score (nSPS) is 21.9. The van der Waals surface area contributed by atoms with Gasteiger partial charge in [0.2, 0.25) is 15.9 Å². The van der Waals surface area contributed by atoms with Crippen LogP contribution in [0.15, 0.2) is 35.2 Å². The summed E-state index contributed by atoms with van der Waals surface area (Å²) in [5.74, 6) is 0.124. The third-order valence-electron chi connectivity index (χ3n) is 5.23. The zero-order valence-electron chi connectivity index (χ0n) is 14.8. The highest BCUT2D eigenvalue weighted by atomic mass is 32.2. The predicted octanol–water partition coefficient (Wildman–Crippen LogP) is 1.39. The Balaban J connectivity index is 1.59. The van der Waals surface area contributed by atoms with Crippen LogP contribution in [-0.4, -0.2) is 73.7 Å². The molecular formula is C18H27N3O3S. The molecule has 6 nitrogen and oxygen atoms in total. The molecule has 2 saturated heterocycles. The molecule has 0 aromatic heterocycles. The van der Waals surface area contributed by atoms with Crippen LogP contribution in [0, 0.1) is 0 Å². The lowest BCUT2D eigenvalue weighted by Gasteiger charge is -2.38. The maximum Gasteiger partial charge on any atom is 0.243 e. The van der Waals surface area contributed by atoms with Crippen molar-refractivity contribution in [1.29, 1.82) is 0 Å². The zero-order valence-corrected chi connectivity index (χ0v) is 15.6. The van der Waals surface area contributed by atoms with Gasteiger partial charge in [-0.3, -0.25) is 9.69 Å². The van der Waals surface area contributed by atoms with Gasteiger partial charge in [-0.25, -0.2) is 8.42 Å². The number of nitrogens with zero attached hydrogens (tertiary/aromatic N) is 3. The van der Waals surface area contributed by atoms with E-state index in [0.29, 0.717) is 31.1 Å². The third kappa shape index (κ3) is 4.04. The van der Waals surface area contributed by atoms with Crippen LogP contribution < -0.4 is 0 Å². The van der Waals surface area contributed by atoms with Gasteiger partial charge in [-0.15, -0.1) is 0 Å². The minimum Gasteiger partial charge on any atom is -0.339 e. The summed E-state index contributed by atoms with van der Waals surface area (Å²) in [6.07, 6.45) is 3.55. The van der Waals surface area contributed by atoms with E-state index in [4.69, 9.17) is 0 Å². The van der Waals surface area contributed by atoms with Crippen LogP contribution in [0.25, 0.3) is 0 Å². The molecule has 2 aliphatic heterocycles. The number of carbonyl (C=O) groups excluding carboxylic acids is 1. The molecule has 2 fully saturated rings. The first-order valence-corrected chi connectivity index (χ1v) is 10.5. The topological polar surface area (TPSA) is 60.9 Å². The molecular weight excluding hydrogens is 338 g/mol. The van der Waals surface area contributed by atoms with Crippen molar-refractivity contribution in [3.63, 3.8) is 0 Å². The molecule has 3 rings (SSSR count). The molecule has 1 atom stereocenters. The quantitative estimate of drug-likeness (QED) is 0.809. The number of piperazine rings is 1. The summed E-state index contributed by atoms with van der Waals surface area (Å²) >= 11 is 0. The number of amides is 1. The SMILES string of the molecule is C[C@H](C(=O)N1CCN(S(=O)(=O)c2ccccc2)CC1)N1CCCCC1. The van der Waals surface area contributed by atoms with E-state index >= 15 is 0 Å². The molecule has 138 valence electrons. The molecule has 7 heteroatoms. The zero-order chi connectivity index (χ0) is 17.9. The fourth-order valence-electron chi connectivity index (χ4n) is 3.62. The molecule has 1 aromatic carbocycles. The molecule has 0 radical (unpaired) electrons. The standard InChI is InChI=1S/C18H27N3O3S/c1-16(19-10-6-3-7-11-19)18(22)20-12-14-21(15-13-20)25(23,24)17-8-4-2-5-9-17/h2,4-5,8-9,16H,3,6-7,10-15H2,1H3/t16-/m1/s1. The van der Waals surface area contributed by atoms with Crippen molar-refractivity contribution in [2.24, 2.45) is 0 Å². The number of piperidine rings is 1. The Morgan fingerprint density at radius 1 is 0.920 bits per heavy atom. The lowest BCUT2D eigenvalue weighted by atomic mass is 10.1. The van der Waals surface area contributed by atoms with Crippen molar-refractivity contribution in [2.75, 3.05) is 39.3 Å². The molecule has 0 saturated carbocycles. The maximum atomic E-state index is 12.7. The van der Waals surface area contributed by atoms with Crippen LogP contribution >= 0.6 is 0 Å². The number of rotatable bonds is 4. The summed E-state index contributed by atoms with van der Waals surface area (Å²) in [7, 11) is -3.47. The van der Waals surface area contributed by atoms with Gasteiger partial charge in [0.1, 0.15) is 0 Å². The van der Waals surface area contributed by atoms with Gasteiger partial charge in [0.05, 0.1) is 10.9 Å². The Bertz CT molecular complexity index is 679. The van der Waals surface area contributed by atoms with Crippen LogP contribution in [0.4, 0.5) is 0 Å². The van der Waals surface area contributed by atoms with E-state index in [9.17, 15) is 13.2 Å². The molecule has 25 heavy (non-hydrogen) atoms. The van der Waals surface area contributed by atoms with Gasteiger partial charge in [-0.05, 0) is 45.0 Å². The van der Waals surface area contributed by atoms with Gasteiger partial charge in [0, 0.05) is 26.2 Å². The summed E-state index contributed by atoms with van der Waals surface area (Å²) in [5, 5.41) is 0. The minimum atomic E-state index is -3.47. The highest BCUT2D eigenvalue weighted by Crippen LogP contribution is 2.19. The number of hydrogen-bond donors (Lipinski definition) is 0. The smallest absolute Gasteiger partial charge is 0.243 e. The van der Waals surface area contributed by atoms with Crippen LogP contribution in [-0.2, 0) is 14.8 Å². The molecule has 0 N–H and O–H groups in total. The Morgan fingerprint density at radius 3 is 2.12 bits per heavy atom. The van der Waals surface area contributed by atoms with E-state index in [2.05, 4.69) is 4.90 Å². The largest absolute Gasteiger partial charge is 0.339 e. The summed E-state index contributed by atoms with van der Waals surface area (Å²) in [5.41, 5.74) is 0. The average Bonchev–Trinajstić information content (AvgIpc) is 2.68. The van der Waals surface area contributed by atoms with Gasteiger partial charge < -0.3 is 4.90 Å². The first kappa shape index (κ1) is 18.4. The van der Waals surface area contributed by atoms with E-state index in [1.165, 1.54) is 10.7 Å². The van der Waals surface area contributed by atoms with Crippen molar-refractivity contribution in [3.8, 4) is 0 Å². The average molecular weight is 365 g/mol. The van der Waals surface area contributed by atoms with E-state index < -0.39 is 10.0 Å². The lowest BCUT2D eigenvalue weighted by molar-refractivity contribution is -0.138. The Morgan fingerprint density at radius 2 is 1.52 bits per heavy atom. The van der Waals surface area contributed by atoms with E-state index in [1.54, 1.807) is 30.3 Å². The first-order chi connectivity index (χ1) is 12.0. The van der Waals surface area contributed by atoms with Crippen LogP contribution in [0.5, 0.6) is 0 Å². The fourth-order valence-corrected chi connectivity index (χ4v) is 5.06. The first-order valence-electron chi connectivity index (χ1n) is 9.08. The van der Waals surface area contributed by atoms with Gasteiger partial charge in [0.15, 0.2) is 0 Å². The number of carbonyl (C=O) groups is 1. The van der Waals surface area contributed by atoms with Gasteiger partial charge >= 0.3 is 0 Å². The van der Waals surface area contributed by atoms with Crippen molar-refractivity contribution in [2.45, 2.75) is 37.1 Å². The molecule has 0 unspecified atom stereocenters. The predicted molar refractivity (Wildman–Crippen MR) is 96.7 cm³/mol. The van der Waals surface area contributed by atoms with Crippen LogP contribution in [0.3, 0.4) is 0 Å². The monoisotopic (exact) mass is 365 g/mol. The number of sulfonamides is 1. The van der Waals surface area contributed by atoms with E-state index in [0.717, 1.165) is 25.9 Å². The van der Waals surface area contributed by atoms with Crippen molar-refractivity contribution < 1.29 is 13.2 Å². The minimum absolute atomic E-state index is 0.113. The van der Waals surface area contributed by atoms with Gasteiger partial charge in [0.25, 0.3) is 0 Å². The number of likely N-dealkylation sites (tertiary alicyclic amines) is 1. The van der Waals surface area contributed by atoms with Crippen molar-refractivity contribution >= 4 is 15.9 Å². The lowest BCUT2D eigenvalue weighted by Crippen LogP contribution is -2.55. The molecule has 2 aliphatic rings. The van der Waals surface area contributed by atoms with Crippen LogP contribution in [0.1, 0.15) is 26.2 Å². The van der Waals surface area contributed by atoms with E-state index in [1.807, 2.05) is 11.8 Å². The molecule has 0 bridgehead atoms. The second-order valence-corrected chi connectivity index (χ2v) is 8.75. The summed E-state index contributed by atoms with van der Waals surface area (Å²) in [4.78, 5) is 17.1. The fraction of sp³-hybridized carbons (Fsp3) is 0.611. The number of benzene rings is 1. The Labute approximate surface area is 150 Å². The highest BCUT2D eigenvalue weighted by molar-refractivity contribution is 7.89. The molecule has 0 spiro atoms. The molecule has 1 aromatic rings. The van der Waals surface area contributed by atoms with Crippen molar-refractivity contribution in [1.82, 2.24) is 14.1 Å². The second kappa shape index (κ2) is 7.85. The Kier molecular flexibility index (Phi) is 5.76. The third-order valence-corrected chi connectivity index (χ3v) is 7.14. The Hall–Kier alpha value is -1.44. The maximum absolute atomic E-state index is 12.7. The van der Waals surface area contributed by atoms with Crippen molar-refractivity contribution in [3.05, 3.63) is 30.3 Å². The summed E-state index contributed by atoms with van der Waals surface area (Å²) < 4.78 is 26.8. The highest BCUT2D eigenvalue weighted by Gasteiger charge is 2.33. The van der Waals surface area contributed by atoms with Gasteiger partial charge in [-0.2, -0.15) is 4.31 Å². The molecule has 1 amide bonds. The van der Waals surface area contributed by atoms with Gasteiger partial charge in [-0.1, -0.05) is 24.6 Å². The summed E-state index contributed by atoms with van der Waals surface area (Å²) in [6.45, 7) is 5.57. The second-order valence-electron chi connectivity index (χ2n) is 6.82. The summed E-state index contributed by atoms with van der Waals surface area (Å²) in [6, 6.07) is 8.38. The molecule has 2 heterocycles.